The van der Waals surface area contributed by atoms with E-state index in [9.17, 15) is 13.2 Å². The molecule has 106 valence electrons. The molecule has 0 spiro atoms. The summed E-state index contributed by atoms with van der Waals surface area (Å²) in [6.07, 6.45) is -4.50. The predicted molar refractivity (Wildman–Crippen MR) is 71.3 cm³/mol. The minimum atomic E-state index is -4.32. The summed E-state index contributed by atoms with van der Waals surface area (Å²) >= 11 is 0. The van der Waals surface area contributed by atoms with E-state index in [1.807, 2.05) is 36.4 Å². The molecule has 0 radical (unpaired) electrons. The van der Waals surface area contributed by atoms with E-state index in [0.717, 1.165) is 11.1 Å². The summed E-state index contributed by atoms with van der Waals surface area (Å²) in [6, 6.07) is 18.3. The van der Waals surface area contributed by atoms with Gasteiger partial charge < -0.3 is 4.74 Å². The molecule has 0 saturated heterocycles. The van der Waals surface area contributed by atoms with Crippen molar-refractivity contribution >= 4 is 0 Å². The Labute approximate surface area is 116 Å². The van der Waals surface area contributed by atoms with Gasteiger partial charge in [0.1, 0.15) is 6.61 Å². The van der Waals surface area contributed by atoms with Crippen LogP contribution in [0.2, 0.25) is 0 Å². The standard InChI is InChI=1S/C16H15F3O/c17-16(18,19)12-20-15(14-9-5-2-6-10-14)11-13-7-3-1-4-8-13/h1-10,15H,11-12H2. The van der Waals surface area contributed by atoms with Gasteiger partial charge in [-0.05, 0) is 11.1 Å². The van der Waals surface area contributed by atoms with Crippen molar-refractivity contribution in [2.24, 2.45) is 0 Å². The zero-order valence-electron chi connectivity index (χ0n) is 10.8. The van der Waals surface area contributed by atoms with Crippen LogP contribution in [-0.4, -0.2) is 12.8 Å². The van der Waals surface area contributed by atoms with Crippen molar-refractivity contribution in [3.05, 3.63) is 71.8 Å². The van der Waals surface area contributed by atoms with Crippen molar-refractivity contribution in [3.63, 3.8) is 0 Å². The normalized spacial score (nSPS) is 13.2. The van der Waals surface area contributed by atoms with E-state index in [-0.39, 0.29) is 0 Å². The summed E-state index contributed by atoms with van der Waals surface area (Å²) in [7, 11) is 0. The molecule has 0 amide bonds. The monoisotopic (exact) mass is 280 g/mol. The topological polar surface area (TPSA) is 9.23 Å². The van der Waals surface area contributed by atoms with Gasteiger partial charge in [0.05, 0.1) is 6.10 Å². The van der Waals surface area contributed by atoms with Crippen LogP contribution >= 0.6 is 0 Å². The molecule has 1 unspecified atom stereocenters. The second-order valence-corrected chi connectivity index (χ2v) is 4.52. The Morgan fingerprint density at radius 3 is 1.95 bits per heavy atom. The summed E-state index contributed by atoms with van der Waals surface area (Å²) in [5, 5.41) is 0. The highest BCUT2D eigenvalue weighted by Gasteiger charge is 2.29. The first kappa shape index (κ1) is 14.6. The highest BCUT2D eigenvalue weighted by atomic mass is 19.4. The molecule has 0 fully saturated rings. The third-order valence-corrected chi connectivity index (χ3v) is 2.88. The molecule has 1 atom stereocenters. The lowest BCUT2D eigenvalue weighted by atomic mass is 10.0. The van der Waals surface area contributed by atoms with Gasteiger partial charge in [-0.3, -0.25) is 0 Å². The first-order chi connectivity index (χ1) is 9.54. The Hall–Kier alpha value is -1.81. The Kier molecular flexibility index (Phi) is 4.79. The van der Waals surface area contributed by atoms with Gasteiger partial charge in [0, 0.05) is 6.42 Å². The van der Waals surface area contributed by atoms with E-state index < -0.39 is 18.9 Å². The van der Waals surface area contributed by atoms with Crippen LogP contribution in [0.5, 0.6) is 0 Å². The zero-order valence-corrected chi connectivity index (χ0v) is 10.8. The Balaban J connectivity index is 2.12. The molecule has 1 nitrogen and oxygen atoms in total. The summed E-state index contributed by atoms with van der Waals surface area (Å²) in [5.41, 5.74) is 1.70. The number of benzene rings is 2. The molecule has 2 rings (SSSR count). The lowest BCUT2D eigenvalue weighted by molar-refractivity contribution is -0.186. The van der Waals surface area contributed by atoms with E-state index in [0.29, 0.717) is 6.42 Å². The van der Waals surface area contributed by atoms with Gasteiger partial charge in [-0.15, -0.1) is 0 Å². The van der Waals surface area contributed by atoms with Crippen molar-refractivity contribution in [3.8, 4) is 0 Å². The largest absolute Gasteiger partial charge is 0.411 e. The molecule has 2 aromatic rings. The summed E-state index contributed by atoms with van der Waals surface area (Å²) in [5.74, 6) is 0. The van der Waals surface area contributed by atoms with Crippen molar-refractivity contribution in [2.75, 3.05) is 6.61 Å². The van der Waals surface area contributed by atoms with Crippen molar-refractivity contribution in [2.45, 2.75) is 18.7 Å². The Morgan fingerprint density at radius 1 is 0.850 bits per heavy atom. The molecule has 4 heteroatoms. The maximum absolute atomic E-state index is 12.3. The molecule has 0 saturated carbocycles. The average Bonchev–Trinajstić information content (AvgIpc) is 2.44. The van der Waals surface area contributed by atoms with Crippen LogP contribution in [-0.2, 0) is 11.2 Å². The van der Waals surface area contributed by atoms with Crippen LogP contribution < -0.4 is 0 Å². The fourth-order valence-electron chi connectivity index (χ4n) is 1.96. The van der Waals surface area contributed by atoms with Gasteiger partial charge in [0.2, 0.25) is 0 Å². The molecule has 0 N–H and O–H groups in total. The highest BCUT2D eigenvalue weighted by Crippen LogP contribution is 2.25. The maximum Gasteiger partial charge on any atom is 0.411 e. The first-order valence-corrected chi connectivity index (χ1v) is 6.32. The van der Waals surface area contributed by atoms with Crippen LogP contribution in [0.25, 0.3) is 0 Å². The van der Waals surface area contributed by atoms with Crippen LogP contribution in [0.15, 0.2) is 60.7 Å². The van der Waals surface area contributed by atoms with E-state index in [1.54, 1.807) is 24.3 Å². The molecule has 20 heavy (non-hydrogen) atoms. The Bertz CT molecular complexity index is 508. The van der Waals surface area contributed by atoms with Crippen molar-refractivity contribution in [1.29, 1.82) is 0 Å². The number of hydrogen-bond acceptors (Lipinski definition) is 1. The number of halogens is 3. The minimum Gasteiger partial charge on any atom is -0.364 e. The van der Waals surface area contributed by atoms with Gasteiger partial charge in [-0.1, -0.05) is 60.7 Å². The second kappa shape index (κ2) is 6.57. The quantitative estimate of drug-likeness (QED) is 0.780. The van der Waals surface area contributed by atoms with Gasteiger partial charge in [-0.2, -0.15) is 13.2 Å². The smallest absolute Gasteiger partial charge is 0.364 e. The summed E-state index contributed by atoms with van der Waals surface area (Å²) in [4.78, 5) is 0. The first-order valence-electron chi connectivity index (χ1n) is 6.32. The molecule has 0 aliphatic carbocycles. The SMILES string of the molecule is FC(F)(F)COC(Cc1ccccc1)c1ccccc1. The summed E-state index contributed by atoms with van der Waals surface area (Å²) < 4.78 is 42.1. The third kappa shape index (κ3) is 4.70. The zero-order chi connectivity index (χ0) is 14.4. The van der Waals surface area contributed by atoms with Gasteiger partial charge in [-0.25, -0.2) is 0 Å². The van der Waals surface area contributed by atoms with E-state index in [2.05, 4.69) is 0 Å². The van der Waals surface area contributed by atoms with Crippen molar-refractivity contribution in [1.82, 2.24) is 0 Å². The second-order valence-electron chi connectivity index (χ2n) is 4.52. The fraction of sp³-hybridized carbons (Fsp3) is 0.250. The van der Waals surface area contributed by atoms with Gasteiger partial charge in [0.15, 0.2) is 0 Å². The third-order valence-electron chi connectivity index (χ3n) is 2.88. The molecule has 0 heterocycles. The molecule has 0 aliphatic heterocycles. The predicted octanol–water partition coefficient (Wildman–Crippen LogP) is 4.55. The van der Waals surface area contributed by atoms with E-state index in [4.69, 9.17) is 4.74 Å². The minimum absolute atomic E-state index is 0.418. The van der Waals surface area contributed by atoms with E-state index >= 15 is 0 Å². The number of ether oxygens (including phenoxy) is 1. The van der Waals surface area contributed by atoms with Gasteiger partial charge >= 0.3 is 6.18 Å². The van der Waals surface area contributed by atoms with Gasteiger partial charge in [0.25, 0.3) is 0 Å². The molecular formula is C16H15F3O. The number of rotatable bonds is 5. The molecule has 0 aliphatic rings. The lowest BCUT2D eigenvalue weighted by Gasteiger charge is -2.19. The molecule has 2 aromatic carbocycles. The molecular weight excluding hydrogens is 265 g/mol. The van der Waals surface area contributed by atoms with Crippen LogP contribution in [0.1, 0.15) is 17.2 Å². The molecule has 0 bridgehead atoms. The molecule has 0 aromatic heterocycles. The van der Waals surface area contributed by atoms with E-state index in [1.165, 1.54) is 0 Å². The maximum atomic E-state index is 12.3. The average molecular weight is 280 g/mol. The van der Waals surface area contributed by atoms with Crippen LogP contribution in [0.3, 0.4) is 0 Å². The summed E-state index contributed by atoms with van der Waals surface area (Å²) in [6.45, 7) is -1.24. The van der Waals surface area contributed by atoms with Crippen LogP contribution in [0.4, 0.5) is 13.2 Å². The highest BCUT2D eigenvalue weighted by molar-refractivity contribution is 5.22. The van der Waals surface area contributed by atoms with Crippen LogP contribution in [0, 0.1) is 0 Å². The van der Waals surface area contributed by atoms with Crippen molar-refractivity contribution < 1.29 is 17.9 Å². The number of hydrogen-bond donors (Lipinski definition) is 0. The number of alkyl halides is 3. The lowest BCUT2D eigenvalue weighted by Crippen LogP contribution is -2.20. The fourth-order valence-corrected chi connectivity index (χ4v) is 1.96. The Morgan fingerprint density at radius 2 is 1.40 bits per heavy atom.